The Morgan fingerprint density at radius 1 is 1.09 bits per heavy atom. The number of benzene rings is 2. The van der Waals surface area contributed by atoms with Crippen LogP contribution >= 0.6 is 0 Å². The molecule has 0 aliphatic heterocycles. The molecule has 0 aliphatic carbocycles. The van der Waals surface area contributed by atoms with Crippen molar-refractivity contribution >= 4 is 17.5 Å². The number of carbonyl (C=O) groups excluding carboxylic acids is 2. The van der Waals surface area contributed by atoms with Crippen molar-refractivity contribution in [2.45, 2.75) is 13.3 Å². The summed E-state index contributed by atoms with van der Waals surface area (Å²) in [5.41, 5.74) is 1.18. The van der Waals surface area contributed by atoms with Gasteiger partial charge in [0.25, 0.3) is 5.91 Å². The largest absolute Gasteiger partial charge is 0.343 e. The Hall–Kier alpha value is -2.76. The quantitative estimate of drug-likeness (QED) is 0.890. The van der Waals surface area contributed by atoms with Crippen LogP contribution in [0.5, 0.6) is 0 Å². The first-order valence-electron chi connectivity index (χ1n) is 7.12. The third-order valence-electron chi connectivity index (χ3n) is 3.25. The molecule has 0 aliphatic rings. The van der Waals surface area contributed by atoms with Crippen molar-refractivity contribution in [1.29, 1.82) is 0 Å². The molecule has 0 fully saturated rings. The van der Waals surface area contributed by atoms with E-state index < -0.39 is 29.0 Å². The molecule has 2 N–H and O–H groups in total. The van der Waals surface area contributed by atoms with E-state index in [4.69, 9.17) is 0 Å². The molecule has 2 rings (SSSR count). The van der Waals surface area contributed by atoms with Gasteiger partial charge in [-0.15, -0.1) is 0 Å². The topological polar surface area (TPSA) is 58.2 Å². The Kier molecular flexibility index (Phi) is 5.41. The van der Waals surface area contributed by atoms with Crippen molar-refractivity contribution in [2.24, 2.45) is 0 Å². The number of rotatable bonds is 5. The maximum Gasteiger partial charge on any atom is 0.254 e. The van der Waals surface area contributed by atoms with Gasteiger partial charge in [0, 0.05) is 5.69 Å². The molecule has 0 bridgehead atoms. The number of amides is 2. The minimum Gasteiger partial charge on any atom is -0.343 e. The minimum atomic E-state index is -0.847. The Morgan fingerprint density at radius 2 is 1.83 bits per heavy atom. The average Bonchev–Trinajstić information content (AvgIpc) is 2.55. The van der Waals surface area contributed by atoms with Crippen molar-refractivity contribution in [2.75, 3.05) is 11.9 Å². The number of halogens is 2. The summed E-state index contributed by atoms with van der Waals surface area (Å²) in [4.78, 5) is 23.7. The number of hydrogen-bond donors (Lipinski definition) is 2. The molecule has 120 valence electrons. The summed E-state index contributed by atoms with van der Waals surface area (Å²) in [6.07, 6.45) is 0.747. The van der Waals surface area contributed by atoms with Gasteiger partial charge >= 0.3 is 0 Å². The van der Waals surface area contributed by atoms with Gasteiger partial charge in [-0.2, -0.15) is 0 Å². The Morgan fingerprint density at radius 3 is 2.57 bits per heavy atom. The molecule has 6 heteroatoms. The van der Waals surface area contributed by atoms with Gasteiger partial charge in [-0.25, -0.2) is 8.78 Å². The highest BCUT2D eigenvalue weighted by Gasteiger charge is 2.14. The zero-order valence-corrected chi connectivity index (χ0v) is 12.5. The van der Waals surface area contributed by atoms with Crippen LogP contribution in [-0.2, 0) is 11.2 Å². The van der Waals surface area contributed by atoms with Crippen LogP contribution < -0.4 is 10.6 Å². The summed E-state index contributed by atoms with van der Waals surface area (Å²) in [6, 6.07) is 9.86. The van der Waals surface area contributed by atoms with Gasteiger partial charge in [0.2, 0.25) is 5.91 Å². The molecular formula is C17H16F2N2O2. The molecular weight excluding hydrogens is 302 g/mol. The van der Waals surface area contributed by atoms with E-state index in [0.717, 1.165) is 30.2 Å². The van der Waals surface area contributed by atoms with Crippen LogP contribution in [0.4, 0.5) is 14.5 Å². The molecule has 0 radical (unpaired) electrons. The van der Waals surface area contributed by atoms with E-state index in [1.165, 1.54) is 0 Å². The number of aryl methyl sites for hydroxylation is 1. The van der Waals surface area contributed by atoms with Crippen LogP contribution in [0.1, 0.15) is 22.8 Å². The van der Waals surface area contributed by atoms with E-state index in [2.05, 4.69) is 10.6 Å². The lowest BCUT2D eigenvalue weighted by atomic mass is 10.1. The fourth-order valence-electron chi connectivity index (χ4n) is 2.07. The first-order valence-corrected chi connectivity index (χ1v) is 7.12. The molecule has 0 unspecified atom stereocenters. The summed E-state index contributed by atoms with van der Waals surface area (Å²) in [5.74, 6) is -2.87. The van der Waals surface area contributed by atoms with Gasteiger partial charge in [0.05, 0.1) is 12.1 Å². The molecule has 23 heavy (non-hydrogen) atoms. The zero-order valence-electron chi connectivity index (χ0n) is 12.5. The third kappa shape index (κ3) is 4.35. The Balaban J connectivity index is 1.96. The normalized spacial score (nSPS) is 10.2. The third-order valence-corrected chi connectivity index (χ3v) is 3.25. The van der Waals surface area contributed by atoms with Crippen molar-refractivity contribution in [3.63, 3.8) is 0 Å². The van der Waals surface area contributed by atoms with Gasteiger partial charge in [-0.05, 0) is 36.2 Å². The van der Waals surface area contributed by atoms with E-state index in [-0.39, 0.29) is 6.54 Å². The fraction of sp³-hybridized carbons (Fsp3) is 0.176. The number of carbonyl (C=O) groups is 2. The highest BCUT2D eigenvalue weighted by atomic mass is 19.1. The summed E-state index contributed by atoms with van der Waals surface area (Å²) >= 11 is 0. The maximum atomic E-state index is 13.5. The number of anilines is 1. The van der Waals surface area contributed by atoms with Gasteiger partial charge in [0.1, 0.15) is 11.6 Å². The van der Waals surface area contributed by atoms with Crippen LogP contribution in [0.25, 0.3) is 0 Å². The smallest absolute Gasteiger partial charge is 0.254 e. The second-order valence-corrected chi connectivity index (χ2v) is 4.87. The highest BCUT2D eigenvalue weighted by Crippen LogP contribution is 2.15. The minimum absolute atomic E-state index is 0.340. The molecule has 0 atom stereocenters. The molecule has 4 nitrogen and oxygen atoms in total. The Labute approximate surface area is 132 Å². The van der Waals surface area contributed by atoms with E-state index >= 15 is 0 Å². The monoisotopic (exact) mass is 318 g/mol. The molecule has 0 aromatic heterocycles. The van der Waals surface area contributed by atoms with Crippen LogP contribution in [0.2, 0.25) is 0 Å². The van der Waals surface area contributed by atoms with Crippen molar-refractivity contribution in [1.82, 2.24) is 5.32 Å². The predicted molar refractivity (Wildman–Crippen MR) is 83.1 cm³/mol. The first kappa shape index (κ1) is 16.6. The van der Waals surface area contributed by atoms with E-state index in [1.54, 1.807) is 12.1 Å². The van der Waals surface area contributed by atoms with Gasteiger partial charge < -0.3 is 10.6 Å². The lowest BCUT2D eigenvalue weighted by Gasteiger charge is -2.10. The number of para-hydroxylation sites is 1. The average molecular weight is 318 g/mol. The summed E-state index contributed by atoms with van der Waals surface area (Å²) < 4.78 is 26.5. The molecule has 2 aromatic carbocycles. The molecule has 2 aromatic rings. The number of nitrogens with one attached hydrogen (secondary N) is 2. The molecule has 2 amide bonds. The van der Waals surface area contributed by atoms with E-state index in [0.29, 0.717) is 5.69 Å². The van der Waals surface area contributed by atoms with E-state index in [9.17, 15) is 18.4 Å². The molecule has 0 saturated carbocycles. The second-order valence-electron chi connectivity index (χ2n) is 4.87. The first-order chi connectivity index (χ1) is 11.0. The SMILES string of the molecule is CCc1ccccc1NC(=O)CNC(=O)c1cc(F)ccc1F. The van der Waals surface area contributed by atoms with Crippen LogP contribution in [0.3, 0.4) is 0 Å². The highest BCUT2D eigenvalue weighted by molar-refractivity contribution is 5.99. The summed E-state index contributed by atoms with van der Waals surface area (Å²) in [6.45, 7) is 1.62. The summed E-state index contributed by atoms with van der Waals surface area (Å²) in [7, 11) is 0. The number of hydrogen-bond acceptors (Lipinski definition) is 2. The van der Waals surface area contributed by atoms with Crippen LogP contribution in [0.15, 0.2) is 42.5 Å². The van der Waals surface area contributed by atoms with Crippen LogP contribution in [0, 0.1) is 11.6 Å². The summed E-state index contributed by atoms with van der Waals surface area (Å²) in [5, 5.41) is 4.94. The predicted octanol–water partition coefficient (Wildman–Crippen LogP) is 2.90. The zero-order chi connectivity index (χ0) is 16.8. The fourth-order valence-corrected chi connectivity index (χ4v) is 2.07. The Bertz CT molecular complexity index is 732. The lowest BCUT2D eigenvalue weighted by Crippen LogP contribution is -2.33. The van der Waals surface area contributed by atoms with Crippen molar-refractivity contribution in [3.8, 4) is 0 Å². The van der Waals surface area contributed by atoms with E-state index in [1.807, 2.05) is 19.1 Å². The lowest BCUT2D eigenvalue weighted by molar-refractivity contribution is -0.115. The van der Waals surface area contributed by atoms with Crippen LogP contribution in [-0.4, -0.2) is 18.4 Å². The molecule has 0 heterocycles. The van der Waals surface area contributed by atoms with Crippen molar-refractivity contribution in [3.05, 3.63) is 65.2 Å². The van der Waals surface area contributed by atoms with Gasteiger partial charge in [-0.3, -0.25) is 9.59 Å². The van der Waals surface area contributed by atoms with Crippen molar-refractivity contribution < 1.29 is 18.4 Å². The molecule has 0 saturated heterocycles. The second kappa shape index (κ2) is 7.49. The van der Waals surface area contributed by atoms with Gasteiger partial charge in [0.15, 0.2) is 0 Å². The maximum absolute atomic E-state index is 13.5. The molecule has 0 spiro atoms. The van der Waals surface area contributed by atoms with Gasteiger partial charge in [-0.1, -0.05) is 25.1 Å². The standard InChI is InChI=1S/C17H16F2N2O2/c1-2-11-5-3-4-6-15(11)21-16(22)10-20-17(23)13-9-12(18)7-8-14(13)19/h3-9H,2,10H2,1H3,(H,20,23)(H,21,22).